The third kappa shape index (κ3) is 2.19. The van der Waals surface area contributed by atoms with Crippen molar-refractivity contribution in [3.8, 4) is 0 Å². The van der Waals surface area contributed by atoms with E-state index in [0.29, 0.717) is 12.8 Å². The fraction of sp³-hybridized carbons (Fsp3) is 0.750. The zero-order chi connectivity index (χ0) is 13.3. The first-order chi connectivity index (χ1) is 8.54. The number of methoxy groups -OCH3 is 1. The molecule has 0 spiro atoms. The molecular formula is C12H16O6. The van der Waals surface area contributed by atoms with Crippen LogP contribution in [0.2, 0.25) is 0 Å². The molecule has 0 aromatic heterocycles. The monoisotopic (exact) mass is 256 g/mol. The van der Waals surface area contributed by atoms with Crippen LogP contribution in [0.3, 0.4) is 0 Å². The van der Waals surface area contributed by atoms with E-state index in [1.807, 2.05) is 0 Å². The number of rotatable bonds is 2. The molecule has 18 heavy (non-hydrogen) atoms. The van der Waals surface area contributed by atoms with Gasteiger partial charge >= 0.3 is 17.9 Å². The minimum Gasteiger partial charge on any atom is -0.466 e. The number of carbonyl (C=O) groups excluding carboxylic acids is 3. The van der Waals surface area contributed by atoms with Crippen LogP contribution in [0, 0.1) is 11.8 Å². The largest absolute Gasteiger partial charge is 0.466 e. The van der Waals surface area contributed by atoms with Crippen molar-refractivity contribution in [2.75, 3.05) is 7.11 Å². The van der Waals surface area contributed by atoms with Gasteiger partial charge in [0.15, 0.2) is 0 Å². The fourth-order valence-electron chi connectivity index (χ4n) is 2.78. The van der Waals surface area contributed by atoms with Crippen LogP contribution in [0.25, 0.3) is 0 Å². The fourth-order valence-corrected chi connectivity index (χ4v) is 2.78. The molecule has 0 aromatic carbocycles. The van der Waals surface area contributed by atoms with Crippen LogP contribution in [-0.2, 0) is 28.6 Å². The normalized spacial score (nSPS) is 34.4. The molecule has 1 heterocycles. The maximum absolute atomic E-state index is 11.8. The summed E-state index contributed by atoms with van der Waals surface area (Å²) in [6, 6.07) is 0. The lowest BCUT2D eigenvalue weighted by Crippen LogP contribution is -2.55. The molecule has 100 valence electrons. The highest BCUT2D eigenvalue weighted by Gasteiger charge is 2.52. The summed E-state index contributed by atoms with van der Waals surface area (Å²) in [6.07, 6.45) is 0.600. The molecule has 0 amide bonds. The average Bonchev–Trinajstić information content (AvgIpc) is 2.32. The molecule has 6 nitrogen and oxygen atoms in total. The van der Waals surface area contributed by atoms with Crippen LogP contribution in [0.4, 0.5) is 0 Å². The summed E-state index contributed by atoms with van der Waals surface area (Å²) in [5.41, 5.74) is 0. The van der Waals surface area contributed by atoms with Crippen molar-refractivity contribution in [3.05, 3.63) is 0 Å². The maximum atomic E-state index is 11.8. The van der Waals surface area contributed by atoms with Gasteiger partial charge in [0, 0.05) is 12.8 Å². The average molecular weight is 256 g/mol. The zero-order valence-corrected chi connectivity index (χ0v) is 10.4. The Hall–Kier alpha value is -1.59. The van der Waals surface area contributed by atoms with Gasteiger partial charge in [-0.25, -0.2) is 4.79 Å². The third-order valence-corrected chi connectivity index (χ3v) is 3.54. The van der Waals surface area contributed by atoms with Crippen molar-refractivity contribution < 1.29 is 28.6 Å². The molecule has 4 atom stereocenters. The molecule has 1 unspecified atom stereocenters. The molecular weight excluding hydrogens is 240 g/mol. The van der Waals surface area contributed by atoms with Crippen LogP contribution in [0.1, 0.15) is 26.2 Å². The van der Waals surface area contributed by atoms with Gasteiger partial charge in [-0.15, -0.1) is 0 Å². The van der Waals surface area contributed by atoms with Gasteiger partial charge in [0.1, 0.15) is 6.10 Å². The van der Waals surface area contributed by atoms with Gasteiger partial charge < -0.3 is 14.2 Å². The lowest BCUT2D eigenvalue weighted by atomic mass is 9.74. The van der Waals surface area contributed by atoms with E-state index in [1.54, 1.807) is 0 Å². The lowest BCUT2D eigenvalue weighted by Gasteiger charge is -2.43. The summed E-state index contributed by atoms with van der Waals surface area (Å²) in [6.45, 7) is 1.29. The Morgan fingerprint density at radius 2 is 2.06 bits per heavy atom. The van der Waals surface area contributed by atoms with Crippen molar-refractivity contribution in [2.45, 2.75) is 38.4 Å². The van der Waals surface area contributed by atoms with Gasteiger partial charge in [0.05, 0.1) is 13.0 Å². The quantitative estimate of drug-likeness (QED) is 0.526. The van der Waals surface area contributed by atoms with Gasteiger partial charge in [0.2, 0.25) is 6.10 Å². The Morgan fingerprint density at radius 3 is 2.67 bits per heavy atom. The van der Waals surface area contributed by atoms with E-state index in [9.17, 15) is 14.4 Å². The first kappa shape index (κ1) is 12.9. The Morgan fingerprint density at radius 1 is 1.33 bits per heavy atom. The number of fused-ring (bicyclic) bond motifs is 2. The zero-order valence-electron chi connectivity index (χ0n) is 10.4. The molecule has 2 rings (SSSR count). The Labute approximate surface area is 105 Å². The van der Waals surface area contributed by atoms with E-state index < -0.39 is 36.0 Å². The molecule has 0 aromatic rings. The Kier molecular flexibility index (Phi) is 3.54. The molecule has 0 N–H and O–H groups in total. The predicted octanol–water partition coefficient (Wildman–Crippen LogP) is 0.433. The number of cyclic esters (lactones) is 1. The second-order valence-corrected chi connectivity index (χ2v) is 4.66. The number of esters is 3. The van der Waals surface area contributed by atoms with E-state index in [4.69, 9.17) is 9.47 Å². The van der Waals surface area contributed by atoms with Gasteiger partial charge in [0.25, 0.3) is 0 Å². The third-order valence-electron chi connectivity index (χ3n) is 3.54. The highest BCUT2D eigenvalue weighted by molar-refractivity contribution is 5.83. The minimum absolute atomic E-state index is 0.294. The maximum Gasteiger partial charge on any atom is 0.347 e. The summed E-state index contributed by atoms with van der Waals surface area (Å²) in [4.78, 5) is 34.5. The highest BCUT2D eigenvalue weighted by Crippen LogP contribution is 2.40. The summed E-state index contributed by atoms with van der Waals surface area (Å²) in [5, 5.41) is 0. The second kappa shape index (κ2) is 4.96. The predicted molar refractivity (Wildman–Crippen MR) is 58.3 cm³/mol. The van der Waals surface area contributed by atoms with Gasteiger partial charge in [-0.2, -0.15) is 0 Å². The number of hydrogen-bond acceptors (Lipinski definition) is 6. The molecule has 1 aliphatic heterocycles. The molecule has 0 radical (unpaired) electrons. The first-order valence-electron chi connectivity index (χ1n) is 6.00. The molecule has 2 aliphatic rings. The number of ether oxygens (including phenoxy) is 3. The van der Waals surface area contributed by atoms with Crippen molar-refractivity contribution >= 4 is 17.9 Å². The first-order valence-corrected chi connectivity index (χ1v) is 6.00. The van der Waals surface area contributed by atoms with Crippen molar-refractivity contribution in [1.82, 2.24) is 0 Å². The van der Waals surface area contributed by atoms with Crippen molar-refractivity contribution in [3.63, 3.8) is 0 Å². The Bertz CT molecular complexity index is 377. The lowest BCUT2D eigenvalue weighted by molar-refractivity contribution is -0.204. The van der Waals surface area contributed by atoms with E-state index in [2.05, 4.69) is 4.74 Å². The van der Waals surface area contributed by atoms with Gasteiger partial charge in [-0.1, -0.05) is 6.42 Å². The summed E-state index contributed by atoms with van der Waals surface area (Å²) in [7, 11) is 1.24. The molecule has 1 saturated heterocycles. The Balaban J connectivity index is 2.24. The number of carbonyl (C=O) groups is 3. The van der Waals surface area contributed by atoms with Crippen LogP contribution in [0.5, 0.6) is 0 Å². The SMILES string of the molecule is COC(=O)[C@@H]1OC(=O)[C@H]2CCC[C@@H]1C2OC(C)=O. The van der Waals surface area contributed by atoms with E-state index in [1.165, 1.54) is 14.0 Å². The molecule has 2 fully saturated rings. The van der Waals surface area contributed by atoms with Crippen LogP contribution >= 0.6 is 0 Å². The topological polar surface area (TPSA) is 78.9 Å². The summed E-state index contributed by atoms with van der Waals surface area (Å²) < 4.78 is 14.9. The highest BCUT2D eigenvalue weighted by atomic mass is 16.6. The van der Waals surface area contributed by atoms with E-state index in [0.717, 1.165) is 6.42 Å². The van der Waals surface area contributed by atoms with Crippen LogP contribution in [0.15, 0.2) is 0 Å². The van der Waals surface area contributed by atoms with Crippen molar-refractivity contribution in [1.29, 1.82) is 0 Å². The van der Waals surface area contributed by atoms with Crippen molar-refractivity contribution in [2.24, 2.45) is 11.8 Å². The summed E-state index contributed by atoms with van der Waals surface area (Å²) >= 11 is 0. The smallest absolute Gasteiger partial charge is 0.347 e. The standard InChI is InChI=1S/C12H16O6/c1-6(13)17-9-7-4-3-5-8(9)11(14)18-10(7)12(15)16-2/h7-10H,3-5H2,1-2H3/t7-,8+,9?,10-/m1/s1. The van der Waals surface area contributed by atoms with E-state index >= 15 is 0 Å². The number of hydrogen-bond donors (Lipinski definition) is 0. The minimum atomic E-state index is -0.955. The molecule has 6 heteroatoms. The summed E-state index contributed by atoms with van der Waals surface area (Å²) in [5.74, 6) is -2.26. The second-order valence-electron chi connectivity index (χ2n) is 4.66. The molecule has 1 saturated carbocycles. The van der Waals surface area contributed by atoms with Crippen LogP contribution in [-0.4, -0.2) is 37.2 Å². The molecule has 1 aliphatic carbocycles. The van der Waals surface area contributed by atoms with E-state index in [-0.39, 0.29) is 5.92 Å². The van der Waals surface area contributed by atoms with Gasteiger partial charge in [-0.05, 0) is 12.8 Å². The van der Waals surface area contributed by atoms with Gasteiger partial charge in [-0.3, -0.25) is 9.59 Å². The van der Waals surface area contributed by atoms with Crippen LogP contribution < -0.4 is 0 Å². The molecule has 2 bridgehead atoms.